The molecule has 0 amide bonds. The molecule has 0 heterocycles. The van der Waals surface area contributed by atoms with E-state index in [4.69, 9.17) is 9.79 Å². The van der Waals surface area contributed by atoms with E-state index < -0.39 is 8.32 Å². The Kier molecular flexibility index (Phi) is 6.71. The topological polar surface area (TPSA) is 45.4 Å². The van der Waals surface area contributed by atoms with Crippen LogP contribution in [-0.2, 0) is 4.53 Å². The summed E-state index contributed by atoms with van der Waals surface area (Å²) in [4.78, 5) is 0. The van der Waals surface area contributed by atoms with Gasteiger partial charge in [-0.15, -0.1) is 5.16 Å². The van der Waals surface area contributed by atoms with Crippen LogP contribution < -0.4 is 15.6 Å². The lowest BCUT2D eigenvalue weighted by Gasteiger charge is -2.29. The van der Waals surface area contributed by atoms with Crippen molar-refractivity contribution in [2.24, 2.45) is 5.16 Å². The normalized spacial score (nSPS) is 11.5. The lowest BCUT2D eigenvalue weighted by molar-refractivity contribution is 0.352. The molecule has 0 radical (unpaired) electrons. The van der Waals surface area contributed by atoms with E-state index >= 15 is 0 Å². The molecule has 0 bridgehead atoms. The Balaban J connectivity index is 1.70. The van der Waals surface area contributed by atoms with Crippen LogP contribution >= 0.6 is 0 Å². The summed E-state index contributed by atoms with van der Waals surface area (Å²) in [6, 6.07) is 40.5. The van der Waals surface area contributed by atoms with Crippen molar-refractivity contribution >= 4 is 36.2 Å². The Morgan fingerprint density at radius 3 is 1.56 bits per heavy atom. The van der Waals surface area contributed by atoms with Gasteiger partial charge in [0.15, 0.2) is 0 Å². The van der Waals surface area contributed by atoms with Crippen molar-refractivity contribution in [2.75, 3.05) is 0 Å². The van der Waals surface area contributed by atoms with Gasteiger partial charge in [0.25, 0.3) is 0 Å². The molecule has 0 spiro atoms. The van der Waals surface area contributed by atoms with Crippen LogP contribution in [0.5, 0.6) is 0 Å². The minimum Gasteiger partial charge on any atom is -0.438 e. The smallest absolute Gasteiger partial charge is 0.380 e. The summed E-state index contributed by atoms with van der Waals surface area (Å²) in [5, 5.41) is 16.7. The number of oxime groups is 1. The molecule has 4 heteroatoms. The molecule has 4 aromatic carbocycles. The van der Waals surface area contributed by atoms with Crippen molar-refractivity contribution in [3.63, 3.8) is 0 Å². The second-order valence-electron chi connectivity index (χ2n) is 7.22. The molecule has 0 aromatic heterocycles. The van der Waals surface area contributed by atoms with E-state index in [-0.39, 0.29) is 0 Å². The van der Waals surface area contributed by atoms with Gasteiger partial charge in [-0.05, 0) is 39.3 Å². The summed E-state index contributed by atoms with van der Waals surface area (Å²) in [7, 11) is -2.83. The largest absolute Gasteiger partial charge is 0.438 e. The predicted molar refractivity (Wildman–Crippen MR) is 134 cm³/mol. The highest BCUT2D eigenvalue weighted by atomic mass is 28.4. The third-order valence-corrected chi connectivity index (χ3v) is 9.02. The van der Waals surface area contributed by atoms with Gasteiger partial charge in [-0.2, -0.15) is 5.26 Å². The minimum absolute atomic E-state index is 0.642. The van der Waals surface area contributed by atoms with Crippen molar-refractivity contribution in [1.29, 1.82) is 5.26 Å². The third-order valence-electron chi connectivity index (χ3n) is 5.21. The highest BCUT2D eigenvalue weighted by molar-refractivity contribution is 7.07. The second-order valence-corrected chi connectivity index (χ2v) is 10.5. The molecule has 0 atom stereocenters. The molecule has 0 N–H and O–H groups in total. The van der Waals surface area contributed by atoms with Gasteiger partial charge in [-0.25, -0.2) is 0 Å². The van der Waals surface area contributed by atoms with Crippen LogP contribution in [0.4, 0.5) is 0 Å². The van der Waals surface area contributed by atoms with Crippen molar-refractivity contribution < 1.29 is 4.53 Å². The molecule has 0 saturated heterocycles. The average molecular weight is 431 g/mol. The third kappa shape index (κ3) is 4.59. The number of nitriles is 1. The first-order valence-electron chi connectivity index (χ1n) is 10.4. The van der Waals surface area contributed by atoms with E-state index in [1.165, 1.54) is 0 Å². The average Bonchev–Trinajstić information content (AvgIpc) is 2.88. The maximum Gasteiger partial charge on any atom is 0.380 e. The van der Waals surface area contributed by atoms with Gasteiger partial charge in [-0.1, -0.05) is 109 Å². The molecule has 0 unspecified atom stereocenters. The maximum absolute atomic E-state index is 8.93. The lowest BCUT2D eigenvalue weighted by atomic mass is 10.1. The fourth-order valence-corrected chi connectivity index (χ4v) is 7.17. The quantitative estimate of drug-likeness (QED) is 0.191. The zero-order valence-corrected chi connectivity index (χ0v) is 18.5. The van der Waals surface area contributed by atoms with Crippen LogP contribution in [-0.4, -0.2) is 14.5 Å². The summed E-state index contributed by atoms with van der Waals surface area (Å²) in [6.07, 6.45) is 5.46. The van der Waals surface area contributed by atoms with Crippen LogP contribution in [0.15, 0.2) is 126 Å². The van der Waals surface area contributed by atoms with E-state index in [0.29, 0.717) is 5.56 Å². The molecular weight excluding hydrogens is 408 g/mol. The number of hydrogen-bond donors (Lipinski definition) is 0. The Labute approximate surface area is 189 Å². The summed E-state index contributed by atoms with van der Waals surface area (Å²) in [5.74, 6) is 0. The van der Waals surface area contributed by atoms with Gasteiger partial charge in [0.05, 0.1) is 17.8 Å². The van der Waals surface area contributed by atoms with Crippen LogP contribution in [0.2, 0.25) is 0 Å². The number of benzene rings is 4. The van der Waals surface area contributed by atoms with E-state index in [2.05, 4.69) is 47.6 Å². The molecule has 32 heavy (non-hydrogen) atoms. The zero-order chi connectivity index (χ0) is 22.1. The van der Waals surface area contributed by atoms with Crippen LogP contribution in [0.3, 0.4) is 0 Å². The molecule has 4 rings (SSSR count). The molecule has 4 aromatic rings. The number of hydrogen-bond acceptors (Lipinski definition) is 3. The van der Waals surface area contributed by atoms with Crippen molar-refractivity contribution in [2.45, 2.75) is 0 Å². The second kappa shape index (κ2) is 10.2. The van der Waals surface area contributed by atoms with E-state index in [9.17, 15) is 0 Å². The predicted octanol–water partition coefficient (Wildman–Crippen LogP) is 4.24. The number of allylic oxidation sites excluding steroid dienone is 1. The molecule has 0 aliphatic rings. The number of nitrogens with zero attached hydrogens (tertiary/aromatic N) is 2. The highest BCUT2D eigenvalue weighted by Crippen LogP contribution is 2.10. The fourth-order valence-electron chi connectivity index (χ4n) is 3.64. The summed E-state index contributed by atoms with van der Waals surface area (Å²) in [5.41, 5.74) is 1.64. The van der Waals surface area contributed by atoms with E-state index in [1.54, 1.807) is 18.3 Å². The van der Waals surface area contributed by atoms with Gasteiger partial charge in [0.1, 0.15) is 0 Å². The first kappa shape index (κ1) is 21.0. The number of rotatable bonds is 7. The Hall–Kier alpha value is -4.20. The Bertz CT molecular complexity index is 1130. The first-order chi connectivity index (χ1) is 15.8. The van der Waals surface area contributed by atoms with E-state index in [1.807, 2.05) is 78.9 Å². The summed E-state index contributed by atoms with van der Waals surface area (Å²) < 4.78 is 6.48. The summed E-state index contributed by atoms with van der Waals surface area (Å²) >= 11 is 0. The summed E-state index contributed by atoms with van der Waals surface area (Å²) in [6.45, 7) is 0. The molecular formula is C28H22N2OSi. The molecule has 0 aliphatic carbocycles. The Morgan fingerprint density at radius 1 is 0.656 bits per heavy atom. The van der Waals surface area contributed by atoms with Crippen molar-refractivity contribution in [3.05, 3.63) is 132 Å². The van der Waals surface area contributed by atoms with Crippen LogP contribution in [0.1, 0.15) is 11.1 Å². The van der Waals surface area contributed by atoms with Gasteiger partial charge in [0.2, 0.25) is 0 Å². The van der Waals surface area contributed by atoms with Crippen LogP contribution in [0, 0.1) is 11.3 Å². The SMILES string of the molecule is N#Cc1ccc(/C=C/C=NO[Si](c2ccccc2)(c2ccccc2)c2ccccc2)cc1. The van der Waals surface area contributed by atoms with Crippen molar-refractivity contribution in [1.82, 2.24) is 0 Å². The van der Waals surface area contributed by atoms with Gasteiger partial charge >= 0.3 is 8.32 Å². The van der Waals surface area contributed by atoms with Crippen molar-refractivity contribution in [3.8, 4) is 6.07 Å². The minimum atomic E-state index is -2.83. The molecule has 3 nitrogen and oxygen atoms in total. The standard InChI is InChI=1S/C28H22N2OSi/c29-23-25-20-18-24(19-21-25)11-10-22-30-31-32(26-12-4-1-5-13-26,27-14-6-2-7-15-27)28-16-8-3-9-17-28/h1-22H/b11-10+,30-22?. The van der Waals surface area contributed by atoms with Crippen LogP contribution in [0.25, 0.3) is 6.08 Å². The maximum atomic E-state index is 8.93. The molecule has 0 aliphatic heterocycles. The molecule has 0 fully saturated rings. The zero-order valence-electron chi connectivity index (χ0n) is 17.5. The first-order valence-corrected chi connectivity index (χ1v) is 12.3. The lowest BCUT2D eigenvalue weighted by Crippen LogP contribution is -2.68. The van der Waals surface area contributed by atoms with Gasteiger partial charge in [0, 0.05) is 0 Å². The Morgan fingerprint density at radius 2 is 1.12 bits per heavy atom. The molecule has 154 valence electrons. The van der Waals surface area contributed by atoms with Gasteiger partial charge in [-0.3, -0.25) is 0 Å². The fraction of sp³-hybridized carbons (Fsp3) is 0. The molecule has 0 saturated carbocycles. The van der Waals surface area contributed by atoms with E-state index in [0.717, 1.165) is 21.1 Å². The monoisotopic (exact) mass is 430 g/mol. The van der Waals surface area contributed by atoms with Gasteiger partial charge < -0.3 is 4.53 Å². The highest BCUT2D eigenvalue weighted by Gasteiger charge is 2.44.